The van der Waals surface area contributed by atoms with Crippen molar-refractivity contribution in [3.8, 4) is 11.1 Å². The highest BCUT2D eigenvalue weighted by molar-refractivity contribution is 6.12. The number of nitrogens with zero attached hydrogens (tertiary/aromatic N) is 5. The third-order valence-corrected chi connectivity index (χ3v) is 5.70. The van der Waals surface area contributed by atoms with E-state index in [-0.39, 0.29) is 8.64 Å². The van der Waals surface area contributed by atoms with E-state index in [9.17, 15) is 4.79 Å². The minimum Gasteiger partial charge on any atom is -0.354 e. The summed E-state index contributed by atoms with van der Waals surface area (Å²) >= 11 is 0. The summed E-state index contributed by atoms with van der Waals surface area (Å²) in [6.45, 7) is 9.01. The highest BCUT2D eigenvalue weighted by Gasteiger charge is 2.25. The molecule has 3 aromatic heterocycles. The van der Waals surface area contributed by atoms with Gasteiger partial charge in [0.1, 0.15) is 11.5 Å². The Hall–Kier alpha value is -3.06. The van der Waals surface area contributed by atoms with Gasteiger partial charge in [-0.2, -0.15) is 5.10 Å². The Kier molecular flexibility index (Phi) is 6.13. The lowest BCUT2D eigenvalue weighted by molar-refractivity contribution is 0.103. The molecule has 31 heavy (non-hydrogen) atoms. The lowest BCUT2D eigenvalue weighted by Crippen LogP contribution is -2.51. The van der Waals surface area contributed by atoms with Crippen molar-refractivity contribution in [3.05, 3.63) is 59.8 Å². The van der Waals surface area contributed by atoms with Gasteiger partial charge in [0.05, 0.1) is 6.20 Å². The monoisotopic (exact) mass is 422 g/mol. The van der Waals surface area contributed by atoms with E-state index < -0.39 is 0 Å². The minimum atomic E-state index is -0.111. The van der Waals surface area contributed by atoms with Crippen molar-refractivity contribution in [1.82, 2.24) is 25.1 Å². The molecule has 0 bridgehead atoms. The van der Waals surface area contributed by atoms with Crippen LogP contribution in [0.4, 0.5) is 5.82 Å². The minimum absolute atomic E-state index is 0. The highest BCUT2D eigenvalue weighted by atomic mass is 16.1. The lowest BCUT2D eigenvalue weighted by Gasteiger charge is -2.35. The number of aromatic nitrogens is 4. The molecule has 0 unspecified atom stereocenters. The van der Waals surface area contributed by atoms with Gasteiger partial charge in [0.2, 0.25) is 5.78 Å². The Morgan fingerprint density at radius 2 is 2.16 bits per heavy atom. The van der Waals surface area contributed by atoms with Gasteiger partial charge < -0.3 is 10.2 Å². The number of ketones is 1. The Bertz CT molecular complexity index is 1080. The van der Waals surface area contributed by atoms with Crippen LogP contribution in [0.3, 0.4) is 0 Å². The number of pyridine rings is 2. The van der Waals surface area contributed by atoms with Gasteiger partial charge >= 0.3 is 0 Å². The molecule has 1 fully saturated rings. The molecule has 1 N–H and O–H groups in total. The van der Waals surface area contributed by atoms with E-state index in [0.29, 0.717) is 28.9 Å². The first-order chi connectivity index (χ1) is 14.9. The molecule has 0 aliphatic carbocycles. The summed E-state index contributed by atoms with van der Waals surface area (Å²) in [5.41, 5.74) is 3.40. The molecule has 4 heterocycles. The molecule has 1 aliphatic heterocycles. The molecule has 0 amide bonds. The second-order valence-electron chi connectivity index (χ2n) is 8.66. The first-order valence-electron chi connectivity index (χ1n) is 10.9. The first-order valence-corrected chi connectivity index (χ1v) is 10.9. The predicted octanol–water partition coefficient (Wildman–Crippen LogP) is 3.73. The van der Waals surface area contributed by atoms with Crippen molar-refractivity contribution in [3.63, 3.8) is 0 Å². The Labute approximate surface area is 186 Å². The number of piperazine rings is 1. The van der Waals surface area contributed by atoms with Crippen LogP contribution in [0.1, 0.15) is 44.9 Å². The van der Waals surface area contributed by atoms with Crippen LogP contribution in [-0.2, 0) is 7.05 Å². The maximum absolute atomic E-state index is 13.6. The van der Waals surface area contributed by atoms with Crippen LogP contribution in [0.25, 0.3) is 11.1 Å². The van der Waals surface area contributed by atoms with Crippen LogP contribution in [0.5, 0.6) is 0 Å². The molecule has 4 rings (SSSR count). The average Bonchev–Trinajstić information content (AvgIpc) is 3.19. The molecule has 1 atom stereocenters. The molecule has 166 valence electrons. The Balaban J connectivity index is 0.00000193. The van der Waals surface area contributed by atoms with Gasteiger partial charge in [-0.1, -0.05) is 13.8 Å². The molecule has 0 saturated carbocycles. The van der Waals surface area contributed by atoms with Crippen LogP contribution in [0, 0.1) is 12.8 Å². The number of aryl methyl sites for hydroxylation is 2. The Morgan fingerprint density at radius 1 is 1.32 bits per heavy atom. The smallest absolute Gasteiger partial charge is 0.213 e. The largest absolute Gasteiger partial charge is 0.354 e. The van der Waals surface area contributed by atoms with Gasteiger partial charge in [-0.05, 0) is 43.5 Å². The average molecular weight is 423 g/mol. The molecule has 0 radical (unpaired) electrons. The van der Waals surface area contributed by atoms with Crippen LogP contribution in [-0.4, -0.2) is 51.2 Å². The van der Waals surface area contributed by atoms with Crippen LogP contribution < -0.4 is 10.2 Å². The van der Waals surface area contributed by atoms with Gasteiger partial charge in [-0.3, -0.25) is 14.5 Å². The quantitative estimate of drug-likeness (QED) is 0.610. The van der Waals surface area contributed by atoms with Crippen LogP contribution in [0.2, 0.25) is 0 Å². The molecular formula is C24H34N6O. The van der Waals surface area contributed by atoms with E-state index in [1.54, 1.807) is 23.1 Å². The maximum atomic E-state index is 13.6. The van der Waals surface area contributed by atoms with E-state index >= 15 is 0 Å². The summed E-state index contributed by atoms with van der Waals surface area (Å²) in [4.78, 5) is 25.0. The number of carbonyl (C=O) groups excluding carboxylic acids is 1. The topological polar surface area (TPSA) is 75.9 Å². The third-order valence-electron chi connectivity index (χ3n) is 5.70. The normalized spacial score (nSPS) is 16.7. The lowest BCUT2D eigenvalue weighted by atomic mass is 9.99. The molecule has 3 aromatic rings. The van der Waals surface area contributed by atoms with E-state index in [1.165, 1.54) is 0 Å². The first kappa shape index (κ1) is 21.2. The van der Waals surface area contributed by atoms with Crippen molar-refractivity contribution in [2.24, 2.45) is 13.0 Å². The molecule has 0 spiro atoms. The van der Waals surface area contributed by atoms with E-state index in [1.807, 2.05) is 38.4 Å². The third kappa shape index (κ3) is 4.66. The fourth-order valence-electron chi connectivity index (χ4n) is 4.20. The van der Waals surface area contributed by atoms with Crippen LogP contribution >= 0.6 is 0 Å². The van der Waals surface area contributed by atoms with Gasteiger partial charge in [0, 0.05) is 70.4 Å². The number of hydrogen-bond donors (Lipinski definition) is 1. The van der Waals surface area contributed by atoms with Crippen molar-refractivity contribution >= 4 is 11.6 Å². The molecule has 7 nitrogen and oxygen atoms in total. The summed E-state index contributed by atoms with van der Waals surface area (Å²) < 4.78 is 1.74. The standard InChI is InChI=1S/C24H30N6O.2H2/c1-16(2)12-19-15-30(11-10-26-19)22-8-7-21(18-13-27-29(4)14-18)23(28-22)24(31)20-6-5-9-25-17(20)3;;/h5-9,13-14,16,19,26H,10-12,15H2,1-4H3;2*1H/t19-;;/m0../s1. The second kappa shape index (κ2) is 8.98. The fraction of sp³-hybridized carbons (Fsp3) is 0.417. The van der Waals surface area contributed by atoms with Gasteiger partial charge in [0.15, 0.2) is 0 Å². The van der Waals surface area contributed by atoms with Gasteiger partial charge in [-0.25, -0.2) is 4.98 Å². The molecule has 7 heteroatoms. The zero-order chi connectivity index (χ0) is 22.0. The molecule has 1 saturated heterocycles. The van der Waals surface area contributed by atoms with E-state index in [4.69, 9.17) is 4.98 Å². The SMILES string of the molecule is Cc1ncccc1C(=O)c1nc(N2CCN[C@@H](CC(C)C)C2)ccc1-c1cnn(C)c1.[HH].[HH]. The summed E-state index contributed by atoms with van der Waals surface area (Å²) in [7, 11) is 1.87. The zero-order valence-corrected chi connectivity index (χ0v) is 18.7. The number of hydrogen-bond acceptors (Lipinski definition) is 6. The highest BCUT2D eigenvalue weighted by Crippen LogP contribution is 2.28. The fourth-order valence-corrected chi connectivity index (χ4v) is 4.20. The van der Waals surface area contributed by atoms with E-state index in [2.05, 4.69) is 34.1 Å². The zero-order valence-electron chi connectivity index (χ0n) is 18.7. The van der Waals surface area contributed by atoms with Crippen molar-refractivity contribution in [2.45, 2.75) is 33.2 Å². The predicted molar refractivity (Wildman–Crippen MR) is 127 cm³/mol. The van der Waals surface area contributed by atoms with Crippen LogP contribution in [0.15, 0.2) is 42.9 Å². The second-order valence-corrected chi connectivity index (χ2v) is 8.66. The number of anilines is 1. The number of carbonyl (C=O) groups is 1. The van der Waals surface area contributed by atoms with Crippen molar-refractivity contribution < 1.29 is 7.65 Å². The molecule has 1 aliphatic rings. The summed E-state index contributed by atoms with van der Waals surface area (Å²) in [5, 5.41) is 7.89. The molecule has 0 aromatic carbocycles. The summed E-state index contributed by atoms with van der Waals surface area (Å²) in [5.74, 6) is 1.36. The van der Waals surface area contributed by atoms with E-state index in [0.717, 1.165) is 43.0 Å². The summed E-state index contributed by atoms with van der Waals surface area (Å²) in [6.07, 6.45) is 6.50. The maximum Gasteiger partial charge on any atom is 0.213 e. The van der Waals surface area contributed by atoms with Gasteiger partial charge in [0.25, 0.3) is 0 Å². The van der Waals surface area contributed by atoms with Crippen molar-refractivity contribution in [2.75, 3.05) is 24.5 Å². The number of rotatable bonds is 6. The summed E-state index contributed by atoms with van der Waals surface area (Å²) in [6, 6.07) is 8.05. The van der Waals surface area contributed by atoms with Crippen molar-refractivity contribution in [1.29, 1.82) is 0 Å². The Morgan fingerprint density at radius 3 is 2.87 bits per heavy atom. The molecular weight excluding hydrogens is 388 g/mol. The number of nitrogens with one attached hydrogen (secondary N) is 1. The van der Waals surface area contributed by atoms with Gasteiger partial charge in [-0.15, -0.1) is 0 Å².